The normalized spacial score (nSPS) is 17.8. The first-order valence-electron chi connectivity index (χ1n) is 12.9. The number of benzene rings is 2. The number of amides is 1. The SMILES string of the molecule is Cc1cc([C@H]2[C@H](c3ccccn3)NC(=S)N2CCC(=O)Nc2ccccc2)c(C)n1-c1ccc2c(c1)OCO2. The lowest BCUT2D eigenvalue weighted by atomic mass is 9.96. The van der Waals surface area contributed by atoms with E-state index in [0.29, 0.717) is 18.1 Å². The molecule has 6 rings (SSSR count). The van der Waals surface area contributed by atoms with Crippen LogP contribution in [-0.4, -0.2) is 38.8 Å². The van der Waals surface area contributed by atoms with Gasteiger partial charge in [0.05, 0.1) is 17.8 Å². The number of rotatable bonds is 7. The summed E-state index contributed by atoms with van der Waals surface area (Å²) in [4.78, 5) is 19.6. The highest BCUT2D eigenvalue weighted by Crippen LogP contribution is 2.42. The van der Waals surface area contributed by atoms with Crippen LogP contribution in [0.1, 0.15) is 41.1 Å². The van der Waals surface area contributed by atoms with Gasteiger partial charge in [0.25, 0.3) is 0 Å². The fraction of sp³-hybridized carbons (Fsp3) is 0.233. The molecule has 198 valence electrons. The number of ether oxygens (including phenoxy) is 2. The van der Waals surface area contributed by atoms with E-state index in [-0.39, 0.29) is 24.8 Å². The van der Waals surface area contributed by atoms with Crippen LogP contribution >= 0.6 is 12.2 Å². The van der Waals surface area contributed by atoms with Crippen LogP contribution in [0.4, 0.5) is 5.69 Å². The van der Waals surface area contributed by atoms with Crippen LogP contribution in [0.3, 0.4) is 0 Å². The highest BCUT2D eigenvalue weighted by Gasteiger charge is 2.41. The molecule has 0 radical (unpaired) electrons. The van der Waals surface area contributed by atoms with Gasteiger partial charge in [-0.15, -0.1) is 0 Å². The summed E-state index contributed by atoms with van der Waals surface area (Å²) < 4.78 is 13.4. The summed E-state index contributed by atoms with van der Waals surface area (Å²) in [6.07, 6.45) is 2.09. The number of nitrogens with zero attached hydrogens (tertiary/aromatic N) is 3. The summed E-state index contributed by atoms with van der Waals surface area (Å²) in [7, 11) is 0. The number of carbonyl (C=O) groups excluding carboxylic acids is 1. The lowest BCUT2D eigenvalue weighted by molar-refractivity contribution is -0.116. The van der Waals surface area contributed by atoms with Crippen molar-refractivity contribution >= 4 is 28.9 Å². The van der Waals surface area contributed by atoms with E-state index in [0.717, 1.165) is 45.5 Å². The molecule has 9 heteroatoms. The molecule has 2 N–H and O–H groups in total. The van der Waals surface area contributed by atoms with Gasteiger partial charge in [-0.2, -0.15) is 0 Å². The number of aromatic nitrogens is 2. The number of hydrogen-bond donors (Lipinski definition) is 2. The topological polar surface area (TPSA) is 80.7 Å². The van der Waals surface area contributed by atoms with Crippen molar-refractivity contribution in [3.63, 3.8) is 0 Å². The lowest BCUT2D eigenvalue weighted by Gasteiger charge is -2.28. The van der Waals surface area contributed by atoms with Gasteiger partial charge in [0, 0.05) is 48.0 Å². The zero-order valence-electron chi connectivity index (χ0n) is 21.8. The maximum atomic E-state index is 12.8. The second-order valence-electron chi connectivity index (χ2n) is 9.68. The van der Waals surface area contributed by atoms with Gasteiger partial charge in [0.2, 0.25) is 12.7 Å². The zero-order chi connectivity index (χ0) is 26.9. The van der Waals surface area contributed by atoms with Gasteiger partial charge in [-0.3, -0.25) is 9.78 Å². The van der Waals surface area contributed by atoms with E-state index in [1.807, 2.05) is 66.7 Å². The van der Waals surface area contributed by atoms with Crippen LogP contribution < -0.4 is 20.1 Å². The molecule has 1 saturated heterocycles. The molecule has 39 heavy (non-hydrogen) atoms. The Morgan fingerprint density at radius 2 is 1.85 bits per heavy atom. The van der Waals surface area contributed by atoms with Crippen molar-refractivity contribution in [2.75, 3.05) is 18.7 Å². The second kappa shape index (κ2) is 10.4. The number of anilines is 1. The van der Waals surface area contributed by atoms with Crippen molar-refractivity contribution in [1.82, 2.24) is 19.8 Å². The summed E-state index contributed by atoms with van der Waals surface area (Å²) >= 11 is 5.82. The molecule has 0 spiro atoms. The summed E-state index contributed by atoms with van der Waals surface area (Å²) in [6, 6.07) is 23.3. The minimum absolute atomic E-state index is 0.0603. The van der Waals surface area contributed by atoms with Gasteiger partial charge < -0.3 is 29.6 Å². The molecule has 0 saturated carbocycles. The predicted molar refractivity (Wildman–Crippen MR) is 153 cm³/mol. The van der Waals surface area contributed by atoms with Gasteiger partial charge in [-0.1, -0.05) is 24.3 Å². The fourth-order valence-electron chi connectivity index (χ4n) is 5.46. The molecule has 0 bridgehead atoms. The molecule has 2 atom stereocenters. The number of fused-ring (bicyclic) bond motifs is 1. The van der Waals surface area contributed by atoms with Crippen LogP contribution in [-0.2, 0) is 4.79 Å². The van der Waals surface area contributed by atoms with Crippen LogP contribution in [0.25, 0.3) is 5.69 Å². The highest BCUT2D eigenvalue weighted by atomic mass is 32.1. The third-order valence-corrected chi connectivity index (χ3v) is 7.59. The average molecular weight is 540 g/mol. The number of aryl methyl sites for hydroxylation is 1. The van der Waals surface area contributed by atoms with E-state index in [1.165, 1.54) is 0 Å². The zero-order valence-corrected chi connectivity index (χ0v) is 22.6. The number of thiocarbonyl (C=S) groups is 1. The van der Waals surface area contributed by atoms with E-state index in [9.17, 15) is 4.79 Å². The standard InChI is InChI=1S/C30H29N5O3S/c1-19-16-23(20(2)35(19)22-11-12-25-26(17-22)38-18-37-25)29-28(24-10-6-7-14-31-24)33-30(39)34(29)15-13-27(36)32-21-8-4-3-5-9-21/h3-12,14,16-17,28-29H,13,15,18H2,1-2H3,(H,32,36)(H,33,39)/t28-,29-/m0/s1. The number of para-hydroxylation sites is 1. The van der Waals surface area contributed by atoms with Crippen LogP contribution in [0.2, 0.25) is 0 Å². The number of nitrogens with one attached hydrogen (secondary N) is 2. The van der Waals surface area contributed by atoms with Crippen LogP contribution in [0, 0.1) is 13.8 Å². The molecule has 2 aliphatic heterocycles. The van der Waals surface area contributed by atoms with Gasteiger partial charge in [0.1, 0.15) is 0 Å². The third kappa shape index (κ3) is 4.81. The Hall–Kier alpha value is -4.37. The summed E-state index contributed by atoms with van der Waals surface area (Å²) in [6.45, 7) is 4.91. The van der Waals surface area contributed by atoms with E-state index in [1.54, 1.807) is 6.20 Å². The molecule has 8 nitrogen and oxygen atoms in total. The molecule has 0 unspecified atom stereocenters. The Morgan fingerprint density at radius 3 is 2.64 bits per heavy atom. The predicted octanol–water partition coefficient (Wildman–Crippen LogP) is 5.22. The third-order valence-electron chi connectivity index (χ3n) is 7.24. The van der Waals surface area contributed by atoms with Crippen LogP contribution in [0.5, 0.6) is 11.5 Å². The first kappa shape index (κ1) is 24.9. The first-order valence-corrected chi connectivity index (χ1v) is 13.3. The van der Waals surface area contributed by atoms with Crippen molar-refractivity contribution in [3.8, 4) is 17.2 Å². The van der Waals surface area contributed by atoms with Gasteiger partial charge >= 0.3 is 0 Å². The van der Waals surface area contributed by atoms with Crippen molar-refractivity contribution in [2.45, 2.75) is 32.4 Å². The molecule has 2 aromatic carbocycles. The smallest absolute Gasteiger partial charge is 0.231 e. The van der Waals surface area contributed by atoms with Crippen molar-refractivity contribution < 1.29 is 14.3 Å². The molecule has 4 aromatic rings. The lowest BCUT2D eigenvalue weighted by Crippen LogP contribution is -2.32. The summed E-state index contributed by atoms with van der Waals surface area (Å²) in [5.41, 5.74) is 5.96. The van der Waals surface area contributed by atoms with Gasteiger partial charge in [-0.05, 0) is 74.1 Å². The average Bonchev–Trinajstić information content (AvgIpc) is 3.63. The van der Waals surface area contributed by atoms with Crippen molar-refractivity contribution in [3.05, 3.63) is 102 Å². The van der Waals surface area contributed by atoms with E-state index >= 15 is 0 Å². The molecule has 2 aromatic heterocycles. The van der Waals surface area contributed by atoms with E-state index < -0.39 is 0 Å². The number of hydrogen-bond acceptors (Lipinski definition) is 5. The Bertz CT molecular complexity index is 1520. The molecule has 1 fully saturated rings. The van der Waals surface area contributed by atoms with Crippen LogP contribution in [0.15, 0.2) is 79.0 Å². The van der Waals surface area contributed by atoms with E-state index in [4.69, 9.17) is 21.7 Å². The minimum atomic E-state index is -0.165. The monoisotopic (exact) mass is 539 g/mol. The molecule has 1 amide bonds. The van der Waals surface area contributed by atoms with Crippen molar-refractivity contribution in [2.24, 2.45) is 0 Å². The largest absolute Gasteiger partial charge is 0.454 e. The molecular weight excluding hydrogens is 510 g/mol. The fourth-order valence-corrected chi connectivity index (χ4v) is 5.79. The Labute approximate surface area is 232 Å². The molecule has 4 heterocycles. The Balaban J connectivity index is 1.33. The van der Waals surface area contributed by atoms with Crippen molar-refractivity contribution in [1.29, 1.82) is 0 Å². The number of pyridine rings is 1. The Kier molecular flexibility index (Phi) is 6.66. The minimum Gasteiger partial charge on any atom is -0.454 e. The summed E-state index contributed by atoms with van der Waals surface area (Å²) in [5.74, 6) is 1.43. The quantitative estimate of drug-likeness (QED) is 0.312. The molecule has 2 aliphatic rings. The first-order chi connectivity index (χ1) is 19.0. The maximum Gasteiger partial charge on any atom is 0.231 e. The summed E-state index contributed by atoms with van der Waals surface area (Å²) in [5, 5.41) is 7.07. The van der Waals surface area contributed by atoms with E-state index in [2.05, 4.69) is 45.0 Å². The maximum absolute atomic E-state index is 12.8. The van der Waals surface area contributed by atoms with Gasteiger partial charge in [0.15, 0.2) is 16.6 Å². The molecular formula is C30H29N5O3S. The Morgan fingerprint density at radius 1 is 1.05 bits per heavy atom. The molecule has 0 aliphatic carbocycles. The second-order valence-corrected chi connectivity index (χ2v) is 10.1. The van der Waals surface area contributed by atoms with Gasteiger partial charge in [-0.25, -0.2) is 0 Å². The number of carbonyl (C=O) groups is 1. The highest BCUT2D eigenvalue weighted by molar-refractivity contribution is 7.80.